The summed E-state index contributed by atoms with van der Waals surface area (Å²) in [4.78, 5) is 36.0. The molecular weight excluding hydrogens is 335 g/mol. The molecule has 0 aromatic heterocycles. The predicted molar refractivity (Wildman–Crippen MR) is 70.8 cm³/mol. The Bertz CT molecular complexity index is 195. The van der Waals surface area contributed by atoms with Crippen molar-refractivity contribution in [1.82, 2.24) is 0 Å². The fourth-order valence-corrected chi connectivity index (χ4v) is 0. The van der Waals surface area contributed by atoms with Gasteiger partial charge in [0, 0.05) is 44.5 Å². The van der Waals surface area contributed by atoms with Gasteiger partial charge >= 0.3 is 0 Å². The molecular formula is C10H23CoN2O8-. The van der Waals surface area contributed by atoms with Crippen LogP contribution in [-0.4, -0.2) is 50.8 Å². The average Bonchev–Trinajstić information content (AvgIpc) is 2.13. The van der Waals surface area contributed by atoms with Gasteiger partial charge in [-0.3, -0.25) is 25.7 Å². The summed E-state index contributed by atoms with van der Waals surface area (Å²) in [6.45, 7) is 6.21. The Balaban J connectivity index is -0.0000000331. The topological polar surface area (TPSA) is 201 Å². The summed E-state index contributed by atoms with van der Waals surface area (Å²) in [6, 6.07) is 0. The second-order valence-electron chi connectivity index (χ2n) is 2.55. The van der Waals surface area contributed by atoms with Gasteiger partial charge in [-0.15, -0.1) is 6.54 Å². The first-order chi connectivity index (χ1) is 8.84. The second-order valence-corrected chi connectivity index (χ2v) is 2.55. The first-order valence-electron chi connectivity index (χ1n) is 4.86. The van der Waals surface area contributed by atoms with E-state index in [9.17, 15) is 0 Å². The van der Waals surface area contributed by atoms with Crippen molar-refractivity contribution < 1.29 is 56.4 Å². The van der Waals surface area contributed by atoms with E-state index in [2.05, 4.69) is 0 Å². The van der Waals surface area contributed by atoms with E-state index in [1.54, 1.807) is 0 Å². The van der Waals surface area contributed by atoms with Crippen molar-refractivity contribution in [3.05, 3.63) is 6.54 Å². The number of carboxylic acids is 4. The molecule has 0 fully saturated rings. The van der Waals surface area contributed by atoms with Gasteiger partial charge in [0.25, 0.3) is 23.9 Å². The number of aliphatic carboxylic acids is 4. The van der Waals surface area contributed by atoms with E-state index in [-0.39, 0.29) is 16.8 Å². The molecule has 0 unspecified atom stereocenters. The number of rotatable bonds is 1. The van der Waals surface area contributed by atoms with Crippen LogP contribution in [0.1, 0.15) is 27.7 Å². The van der Waals surface area contributed by atoms with Gasteiger partial charge in [0.2, 0.25) is 0 Å². The number of carboxylic acid groups (broad SMARTS) is 4. The summed E-state index contributed by atoms with van der Waals surface area (Å²) in [5.74, 6) is -3.33. The minimum absolute atomic E-state index is 0. The summed E-state index contributed by atoms with van der Waals surface area (Å²) < 4.78 is 0. The minimum Gasteiger partial charge on any atom is -0.482 e. The average molecular weight is 358 g/mol. The van der Waals surface area contributed by atoms with Gasteiger partial charge in [-0.2, -0.15) is 0 Å². The third-order valence-electron chi connectivity index (χ3n) is 0.136. The van der Waals surface area contributed by atoms with Crippen LogP contribution in [0.15, 0.2) is 0 Å². The Labute approximate surface area is 133 Å². The summed E-state index contributed by atoms with van der Waals surface area (Å²) in [6.07, 6.45) is 0. The molecule has 0 rings (SSSR count). The Hall–Kier alpha value is -1.69. The number of hydrogen-bond acceptors (Lipinski definition) is 6. The van der Waals surface area contributed by atoms with E-state index in [1.807, 2.05) is 0 Å². The molecule has 0 aliphatic heterocycles. The maximum atomic E-state index is 9.00. The quantitative estimate of drug-likeness (QED) is 0.329. The smallest absolute Gasteiger partial charge is 0.300 e. The molecule has 0 aromatic carbocycles. The minimum atomic E-state index is -0.833. The van der Waals surface area contributed by atoms with Crippen LogP contribution in [0.5, 0.6) is 0 Å². The van der Waals surface area contributed by atoms with Crippen LogP contribution in [-0.2, 0) is 36.0 Å². The zero-order valence-corrected chi connectivity index (χ0v) is 13.2. The van der Waals surface area contributed by atoms with Gasteiger partial charge in [0.05, 0.1) is 0 Å². The molecule has 21 heavy (non-hydrogen) atoms. The van der Waals surface area contributed by atoms with Crippen LogP contribution >= 0.6 is 0 Å². The molecule has 0 aliphatic rings. The standard InChI is InChI=1S/C2H7N2.4C2H4O2.Co/c3-1-2-4;4*1-2(3)4;/h1H,2-4H2;4*1H3,(H,3,4);/q-1;;;;;. The van der Waals surface area contributed by atoms with Crippen LogP contribution in [0.2, 0.25) is 0 Å². The zero-order chi connectivity index (χ0) is 17.7. The zero-order valence-electron chi connectivity index (χ0n) is 12.2. The van der Waals surface area contributed by atoms with E-state index in [0.29, 0.717) is 6.54 Å². The maximum absolute atomic E-state index is 9.00. The summed E-state index contributed by atoms with van der Waals surface area (Å²) in [7, 11) is 0. The Kier molecular flexibility index (Phi) is 63.0. The fourth-order valence-electron chi connectivity index (χ4n) is 0. The third-order valence-corrected chi connectivity index (χ3v) is 0.136. The molecule has 0 saturated carbocycles. The van der Waals surface area contributed by atoms with Gasteiger partial charge in [-0.1, -0.05) is 0 Å². The SMILES string of the molecule is CC(=O)O.CC(=O)O.CC(=O)O.CC(=O)O.N[CH-]CN.[Co]. The monoisotopic (exact) mass is 358 g/mol. The van der Waals surface area contributed by atoms with E-state index in [1.165, 1.54) is 6.54 Å². The molecule has 0 atom stereocenters. The normalized spacial score (nSPS) is 6.19. The summed E-state index contributed by atoms with van der Waals surface area (Å²) >= 11 is 0. The molecule has 0 amide bonds. The van der Waals surface area contributed by atoms with E-state index >= 15 is 0 Å². The van der Waals surface area contributed by atoms with Crippen molar-refractivity contribution >= 4 is 23.9 Å². The predicted octanol–water partition coefficient (Wildman–Crippen LogP) is -0.573. The van der Waals surface area contributed by atoms with E-state index < -0.39 is 23.9 Å². The summed E-state index contributed by atoms with van der Waals surface area (Å²) in [5, 5.41) is 29.7. The number of nitrogens with two attached hydrogens (primary N) is 2. The van der Waals surface area contributed by atoms with Crippen molar-refractivity contribution in [2.45, 2.75) is 27.7 Å². The fraction of sp³-hybridized carbons (Fsp3) is 0.500. The molecule has 10 nitrogen and oxygen atoms in total. The summed E-state index contributed by atoms with van der Waals surface area (Å²) in [5.41, 5.74) is 9.62. The van der Waals surface area contributed by atoms with E-state index in [4.69, 9.17) is 51.1 Å². The van der Waals surface area contributed by atoms with Crippen LogP contribution in [0, 0.1) is 6.54 Å². The van der Waals surface area contributed by atoms with Crippen LogP contribution in [0.3, 0.4) is 0 Å². The maximum Gasteiger partial charge on any atom is 0.300 e. The number of carbonyl (C=O) groups is 4. The van der Waals surface area contributed by atoms with Gasteiger partial charge in [-0.05, 0) is 0 Å². The molecule has 0 spiro atoms. The van der Waals surface area contributed by atoms with Gasteiger partial charge in [0.1, 0.15) is 0 Å². The van der Waals surface area contributed by atoms with Gasteiger partial charge < -0.3 is 31.9 Å². The molecule has 8 N–H and O–H groups in total. The van der Waals surface area contributed by atoms with Crippen molar-refractivity contribution in [1.29, 1.82) is 0 Å². The molecule has 1 radical (unpaired) electrons. The first-order valence-corrected chi connectivity index (χ1v) is 4.86. The first kappa shape index (κ1) is 36.5. The third kappa shape index (κ3) is 10100. The molecule has 0 saturated heterocycles. The molecule has 0 bridgehead atoms. The van der Waals surface area contributed by atoms with Gasteiger partial charge in [-0.25, -0.2) is 0 Å². The van der Waals surface area contributed by atoms with Crippen LogP contribution < -0.4 is 11.5 Å². The Morgan fingerprint density at radius 3 is 0.810 bits per heavy atom. The Morgan fingerprint density at radius 1 is 0.762 bits per heavy atom. The van der Waals surface area contributed by atoms with Crippen LogP contribution in [0.4, 0.5) is 0 Å². The molecule has 0 aliphatic carbocycles. The van der Waals surface area contributed by atoms with Crippen molar-refractivity contribution in [2.24, 2.45) is 11.5 Å². The molecule has 131 valence electrons. The van der Waals surface area contributed by atoms with Crippen molar-refractivity contribution in [3.63, 3.8) is 0 Å². The number of hydrogen-bond donors (Lipinski definition) is 6. The molecule has 0 heterocycles. The second kappa shape index (κ2) is 36.2. The van der Waals surface area contributed by atoms with Crippen molar-refractivity contribution in [2.75, 3.05) is 6.54 Å². The van der Waals surface area contributed by atoms with Crippen LogP contribution in [0.25, 0.3) is 0 Å². The van der Waals surface area contributed by atoms with Crippen molar-refractivity contribution in [3.8, 4) is 0 Å². The van der Waals surface area contributed by atoms with Gasteiger partial charge in [0.15, 0.2) is 0 Å². The van der Waals surface area contributed by atoms with E-state index in [0.717, 1.165) is 27.7 Å². The molecule has 0 aromatic rings. The molecule has 11 heteroatoms. The largest absolute Gasteiger partial charge is 0.482 e. The Morgan fingerprint density at radius 2 is 0.810 bits per heavy atom.